The van der Waals surface area contributed by atoms with Gasteiger partial charge >= 0.3 is 0 Å². The van der Waals surface area contributed by atoms with Crippen LogP contribution in [0.1, 0.15) is 21.5 Å². The molecule has 0 radical (unpaired) electrons. The first-order valence-corrected chi connectivity index (χ1v) is 9.60. The molecule has 7 nitrogen and oxygen atoms in total. The Kier molecular flexibility index (Phi) is 7.37. The number of anilines is 1. The maximum atomic E-state index is 12.1. The lowest BCUT2D eigenvalue weighted by Crippen LogP contribution is -2.20. The van der Waals surface area contributed by atoms with Crippen LogP contribution in [-0.4, -0.2) is 31.7 Å². The van der Waals surface area contributed by atoms with Gasteiger partial charge in [0.25, 0.3) is 11.8 Å². The molecule has 2 amide bonds. The van der Waals surface area contributed by atoms with E-state index >= 15 is 0 Å². The molecule has 2 N–H and O–H groups in total. The first-order chi connectivity index (χ1) is 15.0. The van der Waals surface area contributed by atoms with Gasteiger partial charge < -0.3 is 14.8 Å². The zero-order valence-corrected chi connectivity index (χ0v) is 17.3. The van der Waals surface area contributed by atoms with Crippen LogP contribution >= 0.6 is 0 Å². The molecule has 0 aliphatic carbocycles. The van der Waals surface area contributed by atoms with Crippen LogP contribution < -0.4 is 20.2 Å². The fraction of sp³-hybridized carbons (Fsp3) is 0.125. The van der Waals surface area contributed by atoms with Gasteiger partial charge in [-0.05, 0) is 72.6 Å². The van der Waals surface area contributed by atoms with E-state index in [1.54, 1.807) is 55.6 Å². The van der Waals surface area contributed by atoms with Gasteiger partial charge in [-0.15, -0.1) is 0 Å². The Morgan fingerprint density at radius 1 is 0.968 bits per heavy atom. The minimum Gasteiger partial charge on any atom is -0.497 e. The summed E-state index contributed by atoms with van der Waals surface area (Å²) in [5, 5.41) is 6.75. The van der Waals surface area contributed by atoms with Gasteiger partial charge in [-0.3, -0.25) is 9.59 Å². The predicted molar refractivity (Wildman–Crippen MR) is 120 cm³/mol. The number of hydrogen-bond acceptors (Lipinski definition) is 5. The van der Waals surface area contributed by atoms with Crippen molar-refractivity contribution >= 4 is 23.7 Å². The summed E-state index contributed by atoms with van der Waals surface area (Å²) in [6.45, 7) is 1.86. The molecule has 3 aromatic rings. The number of methoxy groups -OCH3 is 1. The lowest BCUT2D eigenvalue weighted by Gasteiger charge is -2.08. The average molecular weight is 417 g/mol. The molecule has 0 fully saturated rings. The molecule has 0 spiro atoms. The standard InChI is InChI=1S/C24H23N3O4/c1-17-5-3-7-20(13-17)26-23(28)16-31-21-11-9-18(10-12-21)15-25-27-24(29)19-6-4-8-22(14-19)30-2/h3-15H,16H2,1-2H3,(H,26,28)(H,27,29)/b25-15+. The highest BCUT2D eigenvalue weighted by molar-refractivity contribution is 5.95. The molecular formula is C24H23N3O4. The number of nitrogens with one attached hydrogen (secondary N) is 2. The second kappa shape index (κ2) is 10.6. The summed E-state index contributed by atoms with van der Waals surface area (Å²) in [6, 6.07) is 21.4. The molecule has 31 heavy (non-hydrogen) atoms. The third-order valence-corrected chi connectivity index (χ3v) is 4.26. The molecule has 0 atom stereocenters. The number of nitrogens with zero attached hydrogens (tertiary/aromatic N) is 1. The van der Waals surface area contributed by atoms with Crippen LogP contribution in [0.3, 0.4) is 0 Å². The van der Waals surface area contributed by atoms with Gasteiger partial charge in [-0.2, -0.15) is 5.10 Å². The number of amides is 2. The topological polar surface area (TPSA) is 89.0 Å². The summed E-state index contributed by atoms with van der Waals surface area (Å²) in [7, 11) is 1.54. The molecule has 0 unspecified atom stereocenters. The molecule has 3 aromatic carbocycles. The van der Waals surface area contributed by atoms with Gasteiger partial charge in [0.1, 0.15) is 11.5 Å². The number of hydrazone groups is 1. The van der Waals surface area contributed by atoms with Crippen LogP contribution in [0, 0.1) is 6.92 Å². The van der Waals surface area contributed by atoms with E-state index in [0.717, 1.165) is 16.8 Å². The summed E-state index contributed by atoms with van der Waals surface area (Å²) in [5.41, 5.74) is 5.48. The van der Waals surface area contributed by atoms with Crippen molar-refractivity contribution in [1.29, 1.82) is 0 Å². The summed E-state index contributed by atoms with van der Waals surface area (Å²) >= 11 is 0. The Bertz CT molecular complexity index is 1080. The molecule has 0 bridgehead atoms. The van der Waals surface area contributed by atoms with Crippen LogP contribution in [0.25, 0.3) is 0 Å². The molecule has 0 aromatic heterocycles. The number of hydrogen-bond donors (Lipinski definition) is 2. The average Bonchev–Trinajstić information content (AvgIpc) is 2.78. The lowest BCUT2D eigenvalue weighted by molar-refractivity contribution is -0.118. The van der Waals surface area contributed by atoms with Crippen molar-refractivity contribution in [1.82, 2.24) is 5.43 Å². The van der Waals surface area contributed by atoms with Gasteiger partial charge in [-0.25, -0.2) is 5.43 Å². The molecule has 0 aliphatic heterocycles. The molecule has 0 saturated carbocycles. The van der Waals surface area contributed by atoms with Crippen LogP contribution in [0.5, 0.6) is 11.5 Å². The van der Waals surface area contributed by atoms with Crippen molar-refractivity contribution in [2.45, 2.75) is 6.92 Å². The maximum Gasteiger partial charge on any atom is 0.271 e. The minimum atomic E-state index is -0.338. The number of ether oxygens (including phenoxy) is 2. The summed E-state index contributed by atoms with van der Waals surface area (Å²) in [4.78, 5) is 24.1. The van der Waals surface area contributed by atoms with E-state index in [9.17, 15) is 9.59 Å². The van der Waals surface area contributed by atoms with Crippen LogP contribution in [0.2, 0.25) is 0 Å². The molecule has 0 saturated heterocycles. The molecule has 158 valence electrons. The molecule has 0 aliphatic rings. The zero-order valence-electron chi connectivity index (χ0n) is 17.3. The van der Waals surface area contributed by atoms with Crippen molar-refractivity contribution < 1.29 is 19.1 Å². The highest BCUT2D eigenvalue weighted by atomic mass is 16.5. The van der Waals surface area contributed by atoms with Crippen LogP contribution in [0.15, 0.2) is 77.9 Å². The van der Waals surface area contributed by atoms with Gasteiger partial charge in [-0.1, -0.05) is 18.2 Å². The molecule has 7 heteroatoms. The normalized spacial score (nSPS) is 10.5. The Morgan fingerprint density at radius 3 is 2.48 bits per heavy atom. The SMILES string of the molecule is COc1cccc(C(=O)N/N=C/c2ccc(OCC(=O)Nc3cccc(C)c3)cc2)c1. The Labute approximate surface area is 180 Å². The second-order valence-corrected chi connectivity index (χ2v) is 6.71. The fourth-order valence-corrected chi connectivity index (χ4v) is 2.71. The van der Waals surface area contributed by atoms with E-state index in [4.69, 9.17) is 9.47 Å². The first-order valence-electron chi connectivity index (χ1n) is 9.60. The molecular weight excluding hydrogens is 394 g/mol. The Hall–Kier alpha value is -4.13. The second-order valence-electron chi connectivity index (χ2n) is 6.71. The van der Waals surface area contributed by atoms with Gasteiger partial charge in [0.2, 0.25) is 0 Å². The fourth-order valence-electron chi connectivity index (χ4n) is 2.71. The Balaban J connectivity index is 1.47. The van der Waals surface area contributed by atoms with E-state index in [-0.39, 0.29) is 18.4 Å². The van der Waals surface area contributed by atoms with Crippen molar-refractivity contribution in [3.63, 3.8) is 0 Å². The third-order valence-electron chi connectivity index (χ3n) is 4.26. The van der Waals surface area contributed by atoms with Crippen molar-refractivity contribution in [3.05, 3.63) is 89.5 Å². The van der Waals surface area contributed by atoms with Gasteiger partial charge in [0.15, 0.2) is 6.61 Å². The first kappa shape index (κ1) is 21.6. The minimum absolute atomic E-state index is 0.0992. The maximum absolute atomic E-state index is 12.1. The summed E-state index contributed by atoms with van der Waals surface area (Å²) in [5.74, 6) is 0.572. The predicted octanol–water partition coefficient (Wildman–Crippen LogP) is 3.79. The monoisotopic (exact) mass is 417 g/mol. The van der Waals surface area contributed by atoms with Gasteiger partial charge in [0, 0.05) is 11.3 Å². The number of benzene rings is 3. The number of aryl methyl sites for hydroxylation is 1. The number of carbonyl (C=O) groups is 2. The van der Waals surface area contributed by atoms with E-state index in [2.05, 4.69) is 15.8 Å². The zero-order chi connectivity index (χ0) is 22.1. The summed E-state index contributed by atoms with van der Waals surface area (Å²) < 4.78 is 10.6. The van der Waals surface area contributed by atoms with E-state index in [1.807, 2.05) is 31.2 Å². The van der Waals surface area contributed by atoms with Gasteiger partial charge in [0.05, 0.1) is 13.3 Å². The molecule has 0 heterocycles. The molecule has 3 rings (SSSR count). The van der Waals surface area contributed by atoms with Crippen molar-refractivity contribution in [2.24, 2.45) is 5.10 Å². The largest absolute Gasteiger partial charge is 0.497 e. The smallest absolute Gasteiger partial charge is 0.271 e. The third kappa shape index (κ3) is 6.71. The van der Waals surface area contributed by atoms with Crippen LogP contribution in [0.4, 0.5) is 5.69 Å². The van der Waals surface area contributed by atoms with Crippen LogP contribution in [-0.2, 0) is 4.79 Å². The van der Waals surface area contributed by atoms with E-state index in [1.165, 1.54) is 6.21 Å². The summed E-state index contributed by atoms with van der Waals surface area (Å²) in [6.07, 6.45) is 1.52. The quantitative estimate of drug-likeness (QED) is 0.431. The highest BCUT2D eigenvalue weighted by Crippen LogP contribution is 2.13. The number of carbonyl (C=O) groups excluding carboxylic acids is 2. The lowest BCUT2D eigenvalue weighted by atomic mass is 10.2. The van der Waals surface area contributed by atoms with E-state index in [0.29, 0.717) is 17.1 Å². The van der Waals surface area contributed by atoms with Crippen molar-refractivity contribution in [2.75, 3.05) is 19.0 Å². The van der Waals surface area contributed by atoms with Crippen molar-refractivity contribution in [3.8, 4) is 11.5 Å². The highest BCUT2D eigenvalue weighted by Gasteiger charge is 2.06. The van der Waals surface area contributed by atoms with E-state index < -0.39 is 0 Å². The number of rotatable bonds is 8. The Morgan fingerprint density at radius 2 is 1.74 bits per heavy atom.